The molecule has 0 bridgehead atoms. The molecule has 0 aromatic carbocycles. The number of alkyl halides is 3. The van der Waals surface area contributed by atoms with Crippen LogP contribution in [0.15, 0.2) is 0 Å². The maximum atomic E-state index is 10.3. The predicted molar refractivity (Wildman–Crippen MR) is 39.2 cm³/mol. The second kappa shape index (κ2) is 3.37. The molecule has 0 aliphatic carbocycles. The van der Waals surface area contributed by atoms with Gasteiger partial charge in [0.25, 0.3) is 0 Å². The van der Waals surface area contributed by atoms with Gasteiger partial charge in [0.05, 0.1) is 6.26 Å². The Labute approximate surface area is 66.5 Å². The molecule has 0 saturated heterocycles. The van der Waals surface area contributed by atoms with Gasteiger partial charge in [-0.3, -0.25) is 0 Å². The number of rotatable bonds is 1. The first kappa shape index (κ1) is 9.18. The molecule has 0 aliphatic heterocycles. The van der Waals surface area contributed by atoms with E-state index in [4.69, 9.17) is 34.8 Å². The zero-order valence-electron chi connectivity index (χ0n) is 4.16. The van der Waals surface area contributed by atoms with Crippen LogP contribution in [0.2, 0.25) is 0 Å². The normalized spacial score (nSPS) is 16.1. The maximum absolute atomic E-state index is 10.3. The van der Waals surface area contributed by atoms with Gasteiger partial charge in [-0.2, -0.15) is 0 Å². The van der Waals surface area contributed by atoms with Crippen molar-refractivity contribution >= 4 is 46.0 Å². The molecular formula is C3H5Cl3OS. The Hall–Kier alpha value is 1.18. The molecule has 0 heterocycles. The summed E-state index contributed by atoms with van der Waals surface area (Å²) in [6.45, 7) is 0. The van der Waals surface area contributed by atoms with E-state index in [1.165, 1.54) is 6.26 Å². The lowest BCUT2D eigenvalue weighted by atomic mass is 10.9. The van der Waals surface area contributed by atoms with Crippen molar-refractivity contribution in [2.24, 2.45) is 0 Å². The van der Waals surface area contributed by atoms with Crippen LogP contribution >= 0.6 is 34.8 Å². The zero-order chi connectivity index (χ0) is 6.78. The Kier molecular flexibility index (Phi) is 3.87. The first-order valence-electron chi connectivity index (χ1n) is 1.78. The topological polar surface area (TPSA) is 23.1 Å². The van der Waals surface area contributed by atoms with Crippen LogP contribution in [0.1, 0.15) is 0 Å². The van der Waals surface area contributed by atoms with Gasteiger partial charge in [0.15, 0.2) is 5.75 Å². The molecular weight excluding hydrogens is 190 g/mol. The molecule has 0 fully saturated rings. The van der Waals surface area contributed by atoms with E-state index in [9.17, 15) is 4.55 Å². The Morgan fingerprint density at radius 2 is 1.88 bits per heavy atom. The number of hydrogen-bond donors (Lipinski definition) is 0. The Morgan fingerprint density at radius 1 is 1.50 bits per heavy atom. The Morgan fingerprint density at radius 3 is 1.88 bits per heavy atom. The number of halogens is 3. The summed E-state index contributed by atoms with van der Waals surface area (Å²) in [5.41, 5.74) is 0. The summed E-state index contributed by atoms with van der Waals surface area (Å²) in [5.74, 6) is 0.0949. The van der Waals surface area contributed by atoms with Gasteiger partial charge in [-0.25, -0.2) is 0 Å². The average Bonchev–Trinajstić information content (AvgIpc) is 1.21. The minimum Gasteiger partial charge on any atom is -0.616 e. The van der Waals surface area contributed by atoms with Crippen LogP contribution < -0.4 is 0 Å². The first-order valence-corrected chi connectivity index (χ1v) is 4.65. The summed E-state index contributed by atoms with van der Waals surface area (Å²) in [5, 5.41) is 0. The van der Waals surface area contributed by atoms with Crippen molar-refractivity contribution in [3.05, 3.63) is 0 Å². The van der Waals surface area contributed by atoms with Crippen LogP contribution in [0.4, 0.5) is 0 Å². The van der Waals surface area contributed by atoms with Gasteiger partial charge in [0.1, 0.15) is 0 Å². The van der Waals surface area contributed by atoms with Crippen molar-refractivity contribution in [2.75, 3.05) is 12.0 Å². The van der Waals surface area contributed by atoms with Gasteiger partial charge >= 0.3 is 0 Å². The minimum absolute atomic E-state index is 0.0949. The van der Waals surface area contributed by atoms with Crippen LogP contribution in [0.25, 0.3) is 0 Å². The van der Waals surface area contributed by atoms with Gasteiger partial charge in [0, 0.05) is 0 Å². The Bertz CT molecular complexity index is 69.4. The summed E-state index contributed by atoms with van der Waals surface area (Å²) in [7, 11) is 0. The van der Waals surface area contributed by atoms with Crippen LogP contribution in [-0.4, -0.2) is 20.4 Å². The minimum atomic E-state index is -1.36. The average molecular weight is 195 g/mol. The third kappa shape index (κ3) is 7.18. The highest BCUT2D eigenvalue weighted by Crippen LogP contribution is 2.27. The standard InChI is InChI=1S/C3H5Cl3OS/c1-8(7)2-3(4,5)6/h2H2,1H3. The van der Waals surface area contributed by atoms with Crippen molar-refractivity contribution in [3.8, 4) is 0 Å². The molecule has 0 aromatic heterocycles. The second-order valence-electron chi connectivity index (χ2n) is 1.33. The Balaban J connectivity index is 3.39. The second-order valence-corrected chi connectivity index (χ2v) is 5.28. The quantitative estimate of drug-likeness (QED) is 0.462. The summed E-state index contributed by atoms with van der Waals surface area (Å²) in [4.78, 5) is 0. The summed E-state index contributed by atoms with van der Waals surface area (Å²) in [6, 6.07) is 0. The highest BCUT2D eigenvalue weighted by atomic mass is 35.6. The van der Waals surface area contributed by atoms with E-state index in [2.05, 4.69) is 0 Å². The highest BCUT2D eigenvalue weighted by Gasteiger charge is 2.24. The van der Waals surface area contributed by atoms with Crippen molar-refractivity contribution in [2.45, 2.75) is 3.79 Å². The molecule has 1 atom stereocenters. The fraction of sp³-hybridized carbons (Fsp3) is 1.00. The third-order valence-electron chi connectivity index (χ3n) is 0.367. The SMILES string of the molecule is C[S+]([O-])CC(Cl)(Cl)Cl. The molecule has 1 nitrogen and oxygen atoms in total. The molecule has 0 saturated carbocycles. The van der Waals surface area contributed by atoms with E-state index in [1.807, 2.05) is 0 Å². The van der Waals surface area contributed by atoms with Crippen molar-refractivity contribution in [1.29, 1.82) is 0 Å². The van der Waals surface area contributed by atoms with Crippen LogP contribution in [-0.2, 0) is 11.2 Å². The largest absolute Gasteiger partial charge is 0.616 e. The molecule has 0 spiro atoms. The van der Waals surface area contributed by atoms with E-state index >= 15 is 0 Å². The predicted octanol–water partition coefficient (Wildman–Crippen LogP) is 1.74. The molecule has 0 rings (SSSR count). The smallest absolute Gasteiger partial charge is 0.234 e. The molecule has 5 heteroatoms. The number of hydrogen-bond acceptors (Lipinski definition) is 1. The van der Waals surface area contributed by atoms with E-state index in [0.717, 1.165) is 0 Å². The highest BCUT2D eigenvalue weighted by molar-refractivity contribution is 7.90. The van der Waals surface area contributed by atoms with E-state index < -0.39 is 15.0 Å². The molecule has 0 radical (unpaired) electrons. The van der Waals surface area contributed by atoms with Gasteiger partial charge in [0.2, 0.25) is 3.79 Å². The first-order chi connectivity index (χ1) is 3.42. The summed E-state index contributed by atoms with van der Waals surface area (Å²) < 4.78 is 8.96. The van der Waals surface area contributed by atoms with Crippen molar-refractivity contribution in [1.82, 2.24) is 0 Å². The van der Waals surface area contributed by atoms with Crippen LogP contribution in [0, 0.1) is 0 Å². The molecule has 50 valence electrons. The van der Waals surface area contributed by atoms with Gasteiger partial charge < -0.3 is 4.55 Å². The van der Waals surface area contributed by atoms with E-state index in [1.54, 1.807) is 0 Å². The fourth-order valence-corrected chi connectivity index (χ4v) is 2.07. The van der Waals surface area contributed by atoms with Gasteiger partial charge in [-0.15, -0.1) is 0 Å². The van der Waals surface area contributed by atoms with Crippen molar-refractivity contribution < 1.29 is 4.55 Å². The molecule has 0 amide bonds. The summed E-state index contributed by atoms with van der Waals surface area (Å²) >= 11 is 14.8. The lowest BCUT2D eigenvalue weighted by molar-refractivity contribution is 0.600. The van der Waals surface area contributed by atoms with Crippen LogP contribution in [0.3, 0.4) is 0 Å². The lowest BCUT2D eigenvalue weighted by Gasteiger charge is -2.10. The molecule has 0 aliphatic rings. The molecule has 0 aromatic rings. The van der Waals surface area contributed by atoms with Crippen LogP contribution in [0.5, 0.6) is 0 Å². The van der Waals surface area contributed by atoms with E-state index in [0.29, 0.717) is 0 Å². The van der Waals surface area contributed by atoms with E-state index in [-0.39, 0.29) is 5.75 Å². The summed E-state index contributed by atoms with van der Waals surface area (Å²) in [6.07, 6.45) is 1.49. The third-order valence-corrected chi connectivity index (χ3v) is 2.08. The molecule has 1 unspecified atom stereocenters. The fourth-order valence-electron chi connectivity index (χ4n) is 0.230. The maximum Gasteiger partial charge on any atom is 0.234 e. The van der Waals surface area contributed by atoms with Crippen molar-refractivity contribution in [3.63, 3.8) is 0 Å². The molecule has 8 heavy (non-hydrogen) atoms. The lowest BCUT2D eigenvalue weighted by Crippen LogP contribution is -2.17. The zero-order valence-corrected chi connectivity index (χ0v) is 7.24. The molecule has 0 N–H and O–H groups in total. The monoisotopic (exact) mass is 194 g/mol. The van der Waals surface area contributed by atoms with Gasteiger partial charge in [-0.05, 0) is 0 Å². The van der Waals surface area contributed by atoms with Gasteiger partial charge in [-0.1, -0.05) is 46.0 Å².